The Hall–Kier alpha value is -3.86. The third kappa shape index (κ3) is 4.10. The van der Waals surface area contributed by atoms with Crippen molar-refractivity contribution in [3.63, 3.8) is 0 Å². The minimum Gasteiger partial charge on any atom is -0.494 e. The van der Waals surface area contributed by atoms with E-state index < -0.39 is 0 Å². The number of nitrogens with one attached hydrogen (secondary N) is 1. The number of carbonyl (C=O) groups excluding carboxylic acids is 1. The Labute approximate surface area is 174 Å². The van der Waals surface area contributed by atoms with Crippen LogP contribution in [0.25, 0.3) is 10.9 Å². The number of anilines is 1. The van der Waals surface area contributed by atoms with Crippen molar-refractivity contribution >= 4 is 22.5 Å². The van der Waals surface area contributed by atoms with Gasteiger partial charge in [-0.2, -0.15) is 0 Å². The summed E-state index contributed by atoms with van der Waals surface area (Å²) in [4.78, 5) is 30.1. The lowest BCUT2D eigenvalue weighted by atomic mass is 10.1. The standard InChI is InChI=1S/C25H22N2O3/c1-2-30-21-14-12-20(13-15-21)27(25(29)18-8-4-3-5-9-18)17-19-16-24(28)26-23-11-7-6-10-22(19)23/h3-16H,2,17H2,1H3,(H,26,28). The highest BCUT2D eigenvalue weighted by molar-refractivity contribution is 6.06. The Kier molecular flexibility index (Phi) is 5.61. The predicted molar refractivity (Wildman–Crippen MR) is 119 cm³/mol. The molecule has 5 heteroatoms. The van der Waals surface area contributed by atoms with Crippen LogP contribution in [-0.4, -0.2) is 17.5 Å². The first kappa shape index (κ1) is 19.5. The van der Waals surface area contributed by atoms with Gasteiger partial charge in [-0.05, 0) is 55.0 Å². The Balaban J connectivity index is 1.78. The molecule has 0 fully saturated rings. The highest BCUT2D eigenvalue weighted by Crippen LogP contribution is 2.25. The molecule has 4 aromatic rings. The summed E-state index contributed by atoms with van der Waals surface area (Å²) in [7, 11) is 0. The van der Waals surface area contributed by atoms with Crippen LogP contribution in [0.3, 0.4) is 0 Å². The van der Waals surface area contributed by atoms with Crippen LogP contribution in [0, 0.1) is 0 Å². The van der Waals surface area contributed by atoms with Crippen molar-refractivity contribution in [1.29, 1.82) is 0 Å². The van der Waals surface area contributed by atoms with Crippen LogP contribution in [0.15, 0.2) is 89.7 Å². The number of hydrogen-bond donors (Lipinski definition) is 1. The molecule has 1 heterocycles. The van der Waals surface area contributed by atoms with E-state index in [4.69, 9.17) is 4.74 Å². The molecule has 1 aromatic heterocycles. The molecule has 1 amide bonds. The van der Waals surface area contributed by atoms with Crippen LogP contribution in [0.4, 0.5) is 5.69 Å². The lowest BCUT2D eigenvalue weighted by Gasteiger charge is -2.24. The minimum absolute atomic E-state index is 0.135. The predicted octanol–water partition coefficient (Wildman–Crippen LogP) is 4.77. The Bertz CT molecular complexity index is 1210. The molecule has 0 saturated carbocycles. The van der Waals surface area contributed by atoms with E-state index in [2.05, 4.69) is 4.98 Å². The van der Waals surface area contributed by atoms with Crippen LogP contribution >= 0.6 is 0 Å². The van der Waals surface area contributed by atoms with Gasteiger partial charge in [0.25, 0.3) is 5.91 Å². The van der Waals surface area contributed by atoms with Gasteiger partial charge in [-0.1, -0.05) is 36.4 Å². The molecule has 0 aliphatic rings. The van der Waals surface area contributed by atoms with E-state index in [0.29, 0.717) is 12.2 Å². The number of carbonyl (C=O) groups is 1. The Morgan fingerprint density at radius 1 is 0.933 bits per heavy atom. The Morgan fingerprint density at radius 2 is 1.63 bits per heavy atom. The van der Waals surface area contributed by atoms with Crippen LogP contribution in [0.1, 0.15) is 22.8 Å². The maximum atomic E-state index is 13.4. The number of nitrogens with zero attached hydrogens (tertiary/aromatic N) is 1. The van der Waals surface area contributed by atoms with E-state index in [0.717, 1.165) is 27.9 Å². The monoisotopic (exact) mass is 398 g/mol. The van der Waals surface area contributed by atoms with Gasteiger partial charge in [-0.15, -0.1) is 0 Å². The summed E-state index contributed by atoms with van der Waals surface area (Å²) in [5.41, 5.74) is 2.66. The van der Waals surface area contributed by atoms with Crippen molar-refractivity contribution in [2.45, 2.75) is 13.5 Å². The average Bonchev–Trinajstić information content (AvgIpc) is 2.78. The van der Waals surface area contributed by atoms with E-state index in [-0.39, 0.29) is 18.0 Å². The molecule has 0 radical (unpaired) electrons. The SMILES string of the molecule is CCOc1ccc(N(Cc2cc(=O)[nH]c3ccccc23)C(=O)c2ccccc2)cc1. The highest BCUT2D eigenvalue weighted by atomic mass is 16.5. The molecule has 0 aliphatic heterocycles. The smallest absolute Gasteiger partial charge is 0.258 e. The zero-order valence-electron chi connectivity index (χ0n) is 16.7. The maximum Gasteiger partial charge on any atom is 0.258 e. The molecule has 150 valence electrons. The van der Waals surface area contributed by atoms with E-state index in [1.807, 2.05) is 73.7 Å². The highest BCUT2D eigenvalue weighted by Gasteiger charge is 2.19. The van der Waals surface area contributed by atoms with Gasteiger partial charge >= 0.3 is 0 Å². The number of hydrogen-bond acceptors (Lipinski definition) is 3. The average molecular weight is 398 g/mol. The number of rotatable bonds is 6. The third-order valence-corrected chi connectivity index (χ3v) is 4.89. The van der Waals surface area contributed by atoms with Gasteiger partial charge in [0.1, 0.15) is 5.75 Å². The van der Waals surface area contributed by atoms with Gasteiger partial charge < -0.3 is 14.6 Å². The summed E-state index contributed by atoms with van der Waals surface area (Å²) in [6, 6.07) is 25.7. The Morgan fingerprint density at radius 3 is 2.37 bits per heavy atom. The second-order valence-corrected chi connectivity index (χ2v) is 6.89. The molecule has 0 unspecified atom stereocenters. The maximum absolute atomic E-state index is 13.4. The summed E-state index contributed by atoms with van der Waals surface area (Å²) in [6.07, 6.45) is 0. The first-order valence-corrected chi connectivity index (χ1v) is 9.86. The molecule has 0 bridgehead atoms. The minimum atomic E-state index is -0.192. The van der Waals surface area contributed by atoms with Crippen LogP contribution in [0.2, 0.25) is 0 Å². The zero-order chi connectivity index (χ0) is 20.9. The van der Waals surface area contributed by atoms with Crippen LogP contribution < -0.4 is 15.2 Å². The summed E-state index contributed by atoms with van der Waals surface area (Å²) in [5.74, 6) is 0.610. The molecular weight excluding hydrogens is 376 g/mol. The van der Waals surface area contributed by atoms with Gasteiger partial charge in [-0.3, -0.25) is 9.59 Å². The molecule has 4 rings (SSSR count). The summed E-state index contributed by atoms with van der Waals surface area (Å²) in [6.45, 7) is 2.77. The molecule has 0 atom stereocenters. The number of ether oxygens (including phenoxy) is 1. The van der Waals surface area contributed by atoms with Gasteiger partial charge in [0, 0.05) is 28.2 Å². The second kappa shape index (κ2) is 8.66. The van der Waals surface area contributed by atoms with Crippen molar-refractivity contribution < 1.29 is 9.53 Å². The van der Waals surface area contributed by atoms with E-state index in [9.17, 15) is 9.59 Å². The molecule has 0 saturated heterocycles. The van der Waals surface area contributed by atoms with Crippen molar-refractivity contribution in [2.24, 2.45) is 0 Å². The first-order valence-electron chi connectivity index (χ1n) is 9.86. The van der Waals surface area contributed by atoms with Gasteiger partial charge in [0.15, 0.2) is 0 Å². The lowest BCUT2D eigenvalue weighted by molar-refractivity contribution is 0.0985. The third-order valence-electron chi connectivity index (χ3n) is 4.89. The first-order chi connectivity index (χ1) is 14.7. The fourth-order valence-corrected chi connectivity index (χ4v) is 3.48. The largest absolute Gasteiger partial charge is 0.494 e. The van der Waals surface area contributed by atoms with E-state index in [1.165, 1.54) is 0 Å². The number of para-hydroxylation sites is 1. The molecule has 0 spiro atoms. The number of aromatic amines is 1. The molecule has 3 aromatic carbocycles. The van der Waals surface area contributed by atoms with E-state index in [1.54, 1.807) is 23.1 Å². The molecular formula is C25H22N2O3. The van der Waals surface area contributed by atoms with Crippen molar-refractivity contribution in [1.82, 2.24) is 4.98 Å². The van der Waals surface area contributed by atoms with Crippen LogP contribution in [0.5, 0.6) is 5.75 Å². The van der Waals surface area contributed by atoms with E-state index >= 15 is 0 Å². The second-order valence-electron chi connectivity index (χ2n) is 6.89. The van der Waals surface area contributed by atoms with Crippen molar-refractivity contribution in [3.05, 3.63) is 106 Å². The quantitative estimate of drug-likeness (QED) is 0.509. The van der Waals surface area contributed by atoms with Gasteiger partial charge in [0.05, 0.1) is 13.2 Å². The normalized spacial score (nSPS) is 10.7. The lowest BCUT2D eigenvalue weighted by Crippen LogP contribution is -2.31. The fraction of sp³-hybridized carbons (Fsp3) is 0.120. The number of H-pyrrole nitrogens is 1. The topological polar surface area (TPSA) is 62.4 Å². The molecule has 1 N–H and O–H groups in total. The molecule has 0 aliphatic carbocycles. The summed E-state index contributed by atoms with van der Waals surface area (Å²) >= 11 is 0. The number of amides is 1. The van der Waals surface area contributed by atoms with Gasteiger partial charge in [0.2, 0.25) is 5.56 Å². The summed E-state index contributed by atoms with van der Waals surface area (Å²) < 4.78 is 5.53. The molecule has 5 nitrogen and oxygen atoms in total. The molecule has 30 heavy (non-hydrogen) atoms. The fourth-order valence-electron chi connectivity index (χ4n) is 3.48. The number of aromatic nitrogens is 1. The van der Waals surface area contributed by atoms with Crippen LogP contribution in [-0.2, 0) is 6.54 Å². The van der Waals surface area contributed by atoms with Crippen molar-refractivity contribution in [2.75, 3.05) is 11.5 Å². The zero-order valence-corrected chi connectivity index (χ0v) is 16.7. The number of benzene rings is 3. The summed E-state index contributed by atoms with van der Waals surface area (Å²) in [5, 5.41) is 0.911. The number of pyridine rings is 1. The van der Waals surface area contributed by atoms with Gasteiger partial charge in [-0.25, -0.2) is 0 Å². The van der Waals surface area contributed by atoms with Crippen molar-refractivity contribution in [3.8, 4) is 5.75 Å². The number of fused-ring (bicyclic) bond motifs is 1.